The van der Waals surface area contributed by atoms with Crippen molar-refractivity contribution in [2.24, 2.45) is 0 Å². The Hall–Kier alpha value is -2.22. The molecule has 1 heterocycles. The minimum absolute atomic E-state index is 0.340. The summed E-state index contributed by atoms with van der Waals surface area (Å²) in [5.41, 5.74) is 3.94. The predicted octanol–water partition coefficient (Wildman–Crippen LogP) is 4.72. The van der Waals surface area contributed by atoms with Crippen LogP contribution < -0.4 is 10.2 Å². The van der Waals surface area contributed by atoms with E-state index in [1.807, 2.05) is 30.3 Å². The van der Waals surface area contributed by atoms with Gasteiger partial charge < -0.3 is 4.74 Å². The Bertz CT molecular complexity index is 966. The summed E-state index contributed by atoms with van der Waals surface area (Å²) in [4.78, 5) is 12.6. The number of carbonyl (C=O) groups excluding carboxylic acids is 1. The van der Waals surface area contributed by atoms with Crippen LogP contribution in [-0.4, -0.2) is 26.9 Å². The highest BCUT2D eigenvalue weighted by atomic mass is 35.5. The monoisotopic (exact) mass is 436 g/mol. The van der Waals surface area contributed by atoms with E-state index in [0.29, 0.717) is 32.5 Å². The average Bonchev–Trinajstić information content (AvgIpc) is 3.02. The first kappa shape index (κ1) is 20.5. The van der Waals surface area contributed by atoms with Crippen molar-refractivity contribution in [2.45, 2.75) is 30.9 Å². The molecular weight excluding hydrogens is 419 g/mol. The third kappa shape index (κ3) is 5.19. The van der Waals surface area contributed by atoms with Crippen LogP contribution >= 0.6 is 35.0 Å². The van der Waals surface area contributed by atoms with Gasteiger partial charge in [-0.2, -0.15) is 0 Å². The van der Waals surface area contributed by atoms with Crippen LogP contribution in [0, 0.1) is 6.92 Å². The molecule has 1 atom stereocenters. The lowest BCUT2D eigenvalue weighted by molar-refractivity contribution is -0.123. The molecule has 0 spiro atoms. The highest BCUT2D eigenvalue weighted by molar-refractivity contribution is 7.98. The maximum atomic E-state index is 12.6. The van der Waals surface area contributed by atoms with Crippen LogP contribution in [-0.2, 0) is 10.5 Å². The van der Waals surface area contributed by atoms with Gasteiger partial charge in [0.2, 0.25) is 5.16 Å². The van der Waals surface area contributed by atoms with Crippen LogP contribution in [0.15, 0.2) is 53.7 Å². The van der Waals surface area contributed by atoms with Gasteiger partial charge >= 0.3 is 0 Å². The molecule has 0 aliphatic rings. The summed E-state index contributed by atoms with van der Waals surface area (Å²) >= 11 is 13.5. The Morgan fingerprint density at radius 3 is 2.68 bits per heavy atom. The Kier molecular flexibility index (Phi) is 6.83. The smallest absolute Gasteiger partial charge is 0.279 e. The molecule has 1 unspecified atom stereocenters. The summed E-state index contributed by atoms with van der Waals surface area (Å²) in [6.07, 6.45) is -0.785. The van der Waals surface area contributed by atoms with Gasteiger partial charge in [-0.1, -0.05) is 65.3 Å². The summed E-state index contributed by atoms with van der Waals surface area (Å²) in [6.45, 7) is 3.40. The fraction of sp³-hybridized carbons (Fsp3) is 0.211. The van der Waals surface area contributed by atoms with Crippen molar-refractivity contribution in [3.8, 4) is 5.75 Å². The minimum atomic E-state index is -0.785. The van der Waals surface area contributed by atoms with Gasteiger partial charge in [0.25, 0.3) is 5.91 Å². The highest BCUT2D eigenvalue weighted by Gasteiger charge is 2.19. The second-order valence-electron chi connectivity index (χ2n) is 5.95. The molecular formula is C19H18Cl2N4O2S. The Balaban J connectivity index is 1.65. The number of nitrogens with zero attached hydrogens (tertiary/aromatic N) is 3. The molecule has 2 aromatic carbocycles. The van der Waals surface area contributed by atoms with E-state index in [9.17, 15) is 4.79 Å². The number of nitrogens with one attached hydrogen (secondary N) is 1. The number of aryl methyl sites for hydroxylation is 1. The SMILES string of the molecule is Cc1nnc(SCc2ccccc2)n1NC(=O)C(C)Oc1ccc(Cl)cc1Cl. The third-order valence-corrected chi connectivity index (χ3v) is 5.33. The van der Waals surface area contributed by atoms with Gasteiger partial charge in [-0.3, -0.25) is 10.2 Å². The number of thioether (sulfide) groups is 1. The number of benzene rings is 2. The van der Waals surface area contributed by atoms with Crippen LogP contribution in [0.2, 0.25) is 10.0 Å². The number of hydrogen-bond donors (Lipinski definition) is 1. The molecule has 146 valence electrons. The zero-order valence-corrected chi connectivity index (χ0v) is 17.6. The van der Waals surface area contributed by atoms with Crippen molar-refractivity contribution in [1.29, 1.82) is 0 Å². The van der Waals surface area contributed by atoms with E-state index in [-0.39, 0.29) is 5.91 Å². The second kappa shape index (κ2) is 9.32. The molecule has 9 heteroatoms. The summed E-state index contributed by atoms with van der Waals surface area (Å²) in [6, 6.07) is 14.8. The maximum Gasteiger partial charge on any atom is 0.279 e. The summed E-state index contributed by atoms with van der Waals surface area (Å²) in [5.74, 6) is 1.31. The molecule has 1 N–H and O–H groups in total. The van der Waals surface area contributed by atoms with Gasteiger partial charge in [-0.25, -0.2) is 4.68 Å². The van der Waals surface area contributed by atoms with Gasteiger partial charge in [0.1, 0.15) is 11.6 Å². The fourth-order valence-corrected chi connectivity index (χ4v) is 3.65. The molecule has 0 aliphatic heterocycles. The van der Waals surface area contributed by atoms with Gasteiger partial charge in [0, 0.05) is 10.8 Å². The number of halogens is 2. The van der Waals surface area contributed by atoms with E-state index in [0.717, 1.165) is 5.56 Å². The van der Waals surface area contributed by atoms with Gasteiger partial charge in [-0.05, 0) is 37.6 Å². The van der Waals surface area contributed by atoms with Crippen molar-refractivity contribution >= 4 is 40.9 Å². The molecule has 6 nitrogen and oxygen atoms in total. The van der Waals surface area contributed by atoms with Crippen LogP contribution in [0.1, 0.15) is 18.3 Å². The van der Waals surface area contributed by atoms with Crippen molar-refractivity contribution < 1.29 is 9.53 Å². The molecule has 0 aliphatic carbocycles. The van der Waals surface area contributed by atoms with Crippen molar-refractivity contribution in [1.82, 2.24) is 14.9 Å². The summed E-state index contributed by atoms with van der Waals surface area (Å²) in [7, 11) is 0. The molecule has 0 saturated carbocycles. The molecule has 1 amide bonds. The number of amides is 1. The van der Waals surface area contributed by atoms with E-state index in [1.54, 1.807) is 36.7 Å². The quantitative estimate of drug-likeness (QED) is 0.542. The average molecular weight is 437 g/mol. The van der Waals surface area contributed by atoms with E-state index >= 15 is 0 Å². The Morgan fingerprint density at radius 2 is 1.96 bits per heavy atom. The first-order chi connectivity index (χ1) is 13.4. The molecule has 1 aromatic heterocycles. The summed E-state index contributed by atoms with van der Waals surface area (Å²) in [5, 5.41) is 9.61. The molecule has 0 fully saturated rings. The van der Waals surface area contributed by atoms with Crippen molar-refractivity contribution in [3.05, 3.63) is 70.0 Å². The van der Waals surface area contributed by atoms with Gasteiger partial charge in [0.15, 0.2) is 6.10 Å². The van der Waals surface area contributed by atoms with Crippen LogP contribution in [0.25, 0.3) is 0 Å². The standard InChI is InChI=1S/C19H18Cl2N4O2S/c1-12(27-17-9-8-15(20)10-16(17)21)18(26)24-25-13(2)22-23-19(25)28-11-14-6-4-3-5-7-14/h3-10,12H,11H2,1-2H3,(H,24,26). The topological polar surface area (TPSA) is 69.0 Å². The van der Waals surface area contributed by atoms with Gasteiger partial charge in [0.05, 0.1) is 5.02 Å². The maximum absolute atomic E-state index is 12.6. The molecule has 0 saturated heterocycles. The fourth-order valence-electron chi connectivity index (χ4n) is 2.30. The highest BCUT2D eigenvalue weighted by Crippen LogP contribution is 2.28. The molecule has 0 bridgehead atoms. The molecule has 28 heavy (non-hydrogen) atoms. The minimum Gasteiger partial charge on any atom is -0.479 e. The van der Waals surface area contributed by atoms with E-state index in [1.165, 1.54) is 11.8 Å². The Morgan fingerprint density at radius 1 is 1.21 bits per heavy atom. The Labute approximate surface area is 177 Å². The number of rotatable bonds is 7. The molecule has 3 aromatic rings. The van der Waals surface area contributed by atoms with E-state index in [2.05, 4.69) is 15.6 Å². The van der Waals surface area contributed by atoms with Crippen LogP contribution in [0.4, 0.5) is 0 Å². The lowest BCUT2D eigenvalue weighted by Gasteiger charge is -2.17. The molecule has 0 radical (unpaired) electrons. The number of carbonyl (C=O) groups is 1. The largest absolute Gasteiger partial charge is 0.479 e. The first-order valence-electron chi connectivity index (χ1n) is 8.45. The number of aromatic nitrogens is 3. The van der Waals surface area contributed by atoms with Crippen LogP contribution in [0.5, 0.6) is 5.75 Å². The number of ether oxygens (including phenoxy) is 1. The zero-order chi connectivity index (χ0) is 20.1. The third-order valence-electron chi connectivity index (χ3n) is 3.79. The van der Waals surface area contributed by atoms with Crippen molar-refractivity contribution in [3.63, 3.8) is 0 Å². The number of hydrogen-bond acceptors (Lipinski definition) is 5. The first-order valence-corrected chi connectivity index (χ1v) is 10.2. The second-order valence-corrected chi connectivity index (χ2v) is 7.74. The molecule has 3 rings (SSSR count). The van der Waals surface area contributed by atoms with E-state index in [4.69, 9.17) is 27.9 Å². The van der Waals surface area contributed by atoms with Crippen molar-refractivity contribution in [2.75, 3.05) is 5.43 Å². The lowest BCUT2D eigenvalue weighted by Crippen LogP contribution is -2.35. The normalized spacial score (nSPS) is 11.9. The lowest BCUT2D eigenvalue weighted by atomic mass is 10.2. The zero-order valence-electron chi connectivity index (χ0n) is 15.2. The predicted molar refractivity (Wildman–Crippen MR) is 112 cm³/mol. The van der Waals surface area contributed by atoms with E-state index < -0.39 is 6.10 Å². The summed E-state index contributed by atoms with van der Waals surface area (Å²) < 4.78 is 7.21. The van der Waals surface area contributed by atoms with Gasteiger partial charge in [-0.15, -0.1) is 10.2 Å². The van der Waals surface area contributed by atoms with Crippen LogP contribution in [0.3, 0.4) is 0 Å².